The van der Waals surface area contributed by atoms with Crippen molar-refractivity contribution < 1.29 is 22.0 Å². The highest BCUT2D eigenvalue weighted by Gasteiger charge is 2.28. The van der Waals surface area contributed by atoms with E-state index >= 15 is 0 Å². The third-order valence-electron chi connectivity index (χ3n) is 2.41. The minimum Gasteiger partial charge on any atom is -0.274 e. The molecule has 1 heterocycles. The number of nitriles is 1. The number of benzene rings is 1. The van der Waals surface area contributed by atoms with E-state index in [2.05, 4.69) is 5.10 Å². The molecule has 0 aliphatic heterocycles. The van der Waals surface area contributed by atoms with Crippen LogP contribution in [0.4, 0.5) is 22.0 Å². The summed E-state index contributed by atoms with van der Waals surface area (Å²) in [6.45, 7) is 0. The van der Waals surface area contributed by atoms with Gasteiger partial charge in [-0.25, -0.2) is 22.0 Å². The molecule has 0 spiro atoms. The van der Waals surface area contributed by atoms with Crippen LogP contribution in [0.5, 0.6) is 0 Å². The lowest BCUT2D eigenvalue weighted by molar-refractivity contribution is 0.381. The molecule has 19 heavy (non-hydrogen) atoms. The number of nitrogens with zero attached hydrogens (tertiary/aromatic N) is 3. The van der Waals surface area contributed by atoms with Crippen molar-refractivity contribution in [1.29, 1.82) is 5.26 Å². The summed E-state index contributed by atoms with van der Waals surface area (Å²) in [5.41, 5.74) is -2.07. The second-order valence-corrected chi connectivity index (χ2v) is 3.62. The summed E-state index contributed by atoms with van der Waals surface area (Å²) in [7, 11) is 1.34. The first-order valence-electron chi connectivity index (χ1n) is 4.84. The summed E-state index contributed by atoms with van der Waals surface area (Å²) in [5.74, 6) is -10.4. The third kappa shape index (κ3) is 1.83. The minimum absolute atomic E-state index is 0.439. The second kappa shape index (κ2) is 4.35. The zero-order valence-corrected chi connectivity index (χ0v) is 9.31. The van der Waals surface area contributed by atoms with Gasteiger partial charge in [-0.2, -0.15) is 10.4 Å². The Kier molecular flexibility index (Phi) is 2.98. The van der Waals surface area contributed by atoms with Crippen LogP contribution in [0.3, 0.4) is 0 Å². The van der Waals surface area contributed by atoms with Gasteiger partial charge in [0.25, 0.3) is 0 Å². The van der Waals surface area contributed by atoms with Crippen LogP contribution in [0.2, 0.25) is 0 Å². The highest BCUT2D eigenvalue weighted by molar-refractivity contribution is 5.69. The SMILES string of the molecule is Cn1cc(-c2c(F)c(F)c(F)c(F)c2F)c(C#N)n1. The van der Waals surface area contributed by atoms with Crippen molar-refractivity contribution >= 4 is 0 Å². The molecule has 8 heteroatoms. The van der Waals surface area contributed by atoms with Gasteiger partial charge in [-0.1, -0.05) is 0 Å². The third-order valence-corrected chi connectivity index (χ3v) is 2.41. The van der Waals surface area contributed by atoms with Crippen molar-refractivity contribution in [2.45, 2.75) is 0 Å². The summed E-state index contributed by atoms with van der Waals surface area (Å²) in [5, 5.41) is 12.3. The van der Waals surface area contributed by atoms with Crippen molar-refractivity contribution in [3.05, 3.63) is 41.0 Å². The normalized spacial score (nSPS) is 10.6. The van der Waals surface area contributed by atoms with Gasteiger partial charge >= 0.3 is 0 Å². The smallest absolute Gasteiger partial charge is 0.200 e. The van der Waals surface area contributed by atoms with E-state index in [1.807, 2.05) is 0 Å². The van der Waals surface area contributed by atoms with Gasteiger partial charge in [0.15, 0.2) is 29.0 Å². The molecule has 0 fully saturated rings. The quantitative estimate of drug-likeness (QED) is 0.455. The molecule has 0 radical (unpaired) electrons. The molecule has 0 aliphatic carbocycles. The minimum atomic E-state index is -2.25. The molecule has 2 rings (SSSR count). The summed E-state index contributed by atoms with van der Waals surface area (Å²) in [4.78, 5) is 0. The predicted octanol–water partition coefficient (Wildman–Crippen LogP) is 2.65. The van der Waals surface area contributed by atoms with Crippen LogP contribution in [-0.4, -0.2) is 9.78 Å². The predicted molar refractivity (Wildman–Crippen MR) is 53.1 cm³/mol. The Bertz CT molecular complexity index is 685. The molecule has 98 valence electrons. The van der Waals surface area contributed by atoms with Gasteiger partial charge in [-0.15, -0.1) is 0 Å². The van der Waals surface area contributed by atoms with E-state index in [1.165, 1.54) is 13.1 Å². The van der Waals surface area contributed by atoms with E-state index in [0.29, 0.717) is 0 Å². The molecule has 0 amide bonds. The van der Waals surface area contributed by atoms with E-state index in [0.717, 1.165) is 10.9 Å². The monoisotopic (exact) mass is 273 g/mol. The van der Waals surface area contributed by atoms with Crippen LogP contribution in [0.15, 0.2) is 6.20 Å². The van der Waals surface area contributed by atoms with Gasteiger partial charge in [0, 0.05) is 18.8 Å². The summed E-state index contributed by atoms with van der Waals surface area (Å²) in [6.07, 6.45) is 0.997. The second-order valence-electron chi connectivity index (χ2n) is 3.62. The lowest BCUT2D eigenvalue weighted by Crippen LogP contribution is -2.04. The maximum atomic E-state index is 13.5. The Hall–Kier alpha value is -2.43. The fourth-order valence-corrected chi connectivity index (χ4v) is 1.60. The molecule has 2 aromatic rings. The Morgan fingerprint density at radius 1 is 1.00 bits per heavy atom. The van der Waals surface area contributed by atoms with Gasteiger partial charge in [0.1, 0.15) is 6.07 Å². The summed E-state index contributed by atoms with van der Waals surface area (Å²) >= 11 is 0. The molecular formula is C11H4F5N3. The van der Waals surface area contributed by atoms with E-state index < -0.39 is 45.9 Å². The highest BCUT2D eigenvalue weighted by Crippen LogP contribution is 2.32. The first-order valence-corrected chi connectivity index (χ1v) is 4.84. The molecule has 3 nitrogen and oxygen atoms in total. The first-order chi connectivity index (χ1) is 8.88. The standard InChI is InChI=1S/C11H4F5N3/c1-19-3-4(5(2-17)18-19)6-7(12)9(14)11(16)10(15)8(6)13/h3H,1H3. The van der Waals surface area contributed by atoms with Crippen LogP contribution in [-0.2, 0) is 7.05 Å². The van der Waals surface area contributed by atoms with E-state index in [1.54, 1.807) is 0 Å². The Morgan fingerprint density at radius 3 is 1.95 bits per heavy atom. The topological polar surface area (TPSA) is 41.6 Å². The van der Waals surface area contributed by atoms with Crippen molar-refractivity contribution in [3.8, 4) is 17.2 Å². The molecule has 1 aromatic carbocycles. The van der Waals surface area contributed by atoms with Gasteiger partial charge < -0.3 is 0 Å². The summed E-state index contributed by atoms with van der Waals surface area (Å²) in [6, 6.07) is 1.52. The lowest BCUT2D eigenvalue weighted by Gasteiger charge is -2.06. The van der Waals surface area contributed by atoms with Crippen molar-refractivity contribution in [2.24, 2.45) is 7.05 Å². The van der Waals surface area contributed by atoms with E-state index in [4.69, 9.17) is 5.26 Å². The maximum absolute atomic E-state index is 13.5. The van der Waals surface area contributed by atoms with Crippen molar-refractivity contribution in [2.75, 3.05) is 0 Å². The Labute approximate surface area is 103 Å². The molecule has 0 N–H and O–H groups in total. The maximum Gasteiger partial charge on any atom is 0.200 e. The van der Waals surface area contributed by atoms with Crippen molar-refractivity contribution in [1.82, 2.24) is 9.78 Å². The average Bonchev–Trinajstić information content (AvgIpc) is 2.75. The number of halogens is 5. The number of aryl methyl sites for hydroxylation is 1. The van der Waals surface area contributed by atoms with Crippen LogP contribution in [0, 0.1) is 40.4 Å². The summed E-state index contributed by atoms with van der Waals surface area (Å²) < 4.78 is 67.1. The number of aromatic nitrogens is 2. The van der Waals surface area contributed by atoms with Gasteiger partial charge in [-0.3, -0.25) is 4.68 Å². The zero-order chi connectivity index (χ0) is 14.3. The molecule has 0 aliphatic rings. The van der Waals surface area contributed by atoms with Crippen LogP contribution < -0.4 is 0 Å². The Balaban J connectivity index is 2.87. The molecular weight excluding hydrogens is 269 g/mol. The van der Waals surface area contributed by atoms with Crippen LogP contribution in [0.1, 0.15) is 5.69 Å². The first kappa shape index (κ1) is 13.0. The van der Waals surface area contributed by atoms with Gasteiger partial charge in [0.2, 0.25) is 5.82 Å². The number of rotatable bonds is 1. The average molecular weight is 273 g/mol. The van der Waals surface area contributed by atoms with E-state index in [-0.39, 0.29) is 0 Å². The zero-order valence-electron chi connectivity index (χ0n) is 9.31. The van der Waals surface area contributed by atoms with Gasteiger partial charge in [0.05, 0.1) is 5.56 Å². The molecule has 0 bridgehead atoms. The van der Waals surface area contributed by atoms with Gasteiger partial charge in [-0.05, 0) is 0 Å². The van der Waals surface area contributed by atoms with Crippen LogP contribution >= 0.6 is 0 Å². The van der Waals surface area contributed by atoms with E-state index in [9.17, 15) is 22.0 Å². The molecule has 0 unspecified atom stereocenters. The molecule has 0 saturated heterocycles. The number of hydrogen-bond donors (Lipinski definition) is 0. The largest absolute Gasteiger partial charge is 0.274 e. The number of hydrogen-bond acceptors (Lipinski definition) is 2. The molecule has 1 aromatic heterocycles. The lowest BCUT2D eigenvalue weighted by atomic mass is 10.0. The van der Waals surface area contributed by atoms with Crippen LogP contribution in [0.25, 0.3) is 11.1 Å². The highest BCUT2D eigenvalue weighted by atomic mass is 19.2. The molecule has 0 atom stereocenters. The Morgan fingerprint density at radius 2 is 1.47 bits per heavy atom. The molecule has 0 saturated carbocycles. The fraction of sp³-hybridized carbons (Fsp3) is 0.0909. The fourth-order valence-electron chi connectivity index (χ4n) is 1.60. The van der Waals surface area contributed by atoms with Crippen molar-refractivity contribution in [3.63, 3.8) is 0 Å².